The Kier molecular flexibility index (Phi) is 3.89. The Bertz CT molecular complexity index is 692. The van der Waals surface area contributed by atoms with Crippen LogP contribution >= 0.6 is 15.9 Å². The van der Waals surface area contributed by atoms with Crippen molar-refractivity contribution >= 4 is 39.0 Å². The van der Waals surface area contributed by atoms with Crippen molar-refractivity contribution in [1.82, 2.24) is 0 Å². The molecule has 0 unspecified atom stereocenters. The summed E-state index contributed by atoms with van der Waals surface area (Å²) < 4.78 is 26.9. The Labute approximate surface area is 121 Å². The summed E-state index contributed by atoms with van der Waals surface area (Å²) in [4.78, 5) is 10.8. The van der Waals surface area contributed by atoms with Gasteiger partial charge < -0.3 is 16.2 Å². The number of hydrogen-bond acceptors (Lipinski definition) is 3. The van der Waals surface area contributed by atoms with Crippen LogP contribution in [-0.2, 0) is 0 Å². The first kappa shape index (κ1) is 14.3. The summed E-state index contributed by atoms with van der Waals surface area (Å²) in [6.07, 6.45) is 0. The van der Waals surface area contributed by atoms with Crippen LogP contribution in [0.1, 0.15) is 10.4 Å². The Balaban J connectivity index is 2.36. The van der Waals surface area contributed by atoms with Crippen molar-refractivity contribution in [3.8, 4) is 0 Å². The molecule has 0 aliphatic heterocycles. The smallest absolute Gasteiger partial charge is 0.338 e. The van der Waals surface area contributed by atoms with E-state index in [0.29, 0.717) is 5.69 Å². The first-order valence-electron chi connectivity index (χ1n) is 5.43. The maximum atomic E-state index is 13.6. The average Bonchev–Trinajstić information content (AvgIpc) is 2.37. The average molecular weight is 343 g/mol. The molecule has 104 valence electrons. The number of nitrogens with one attached hydrogen (secondary N) is 1. The molecule has 0 spiro atoms. The minimum Gasteiger partial charge on any atom is -0.478 e. The highest BCUT2D eigenvalue weighted by molar-refractivity contribution is 9.10. The van der Waals surface area contributed by atoms with E-state index in [0.717, 1.165) is 12.1 Å². The van der Waals surface area contributed by atoms with Crippen molar-refractivity contribution in [1.29, 1.82) is 0 Å². The highest BCUT2D eigenvalue weighted by atomic mass is 79.9. The first-order valence-corrected chi connectivity index (χ1v) is 6.22. The number of halogens is 3. The van der Waals surface area contributed by atoms with Crippen LogP contribution in [-0.4, -0.2) is 11.1 Å². The molecule has 4 nitrogen and oxygen atoms in total. The number of carboxylic acids is 1. The SMILES string of the molecule is Nc1cc(C(=O)O)c(F)cc1Nc1ccc(F)c(Br)c1. The van der Waals surface area contributed by atoms with Gasteiger partial charge in [-0.25, -0.2) is 13.6 Å². The molecule has 0 atom stereocenters. The molecule has 0 heterocycles. The molecule has 0 bridgehead atoms. The highest BCUT2D eigenvalue weighted by Crippen LogP contribution is 2.28. The molecule has 0 aliphatic rings. The number of benzene rings is 2. The molecule has 7 heteroatoms. The van der Waals surface area contributed by atoms with Gasteiger partial charge in [-0.1, -0.05) is 0 Å². The number of hydrogen-bond donors (Lipinski definition) is 3. The van der Waals surface area contributed by atoms with E-state index in [1.807, 2.05) is 0 Å². The molecule has 0 saturated carbocycles. The zero-order valence-corrected chi connectivity index (χ0v) is 11.5. The second kappa shape index (κ2) is 5.46. The molecular formula is C13H9BrF2N2O2. The summed E-state index contributed by atoms with van der Waals surface area (Å²) in [7, 11) is 0. The van der Waals surface area contributed by atoms with Crippen molar-refractivity contribution in [2.75, 3.05) is 11.1 Å². The van der Waals surface area contributed by atoms with Gasteiger partial charge in [-0.05, 0) is 40.2 Å². The predicted octanol–water partition coefficient (Wildman–Crippen LogP) is 3.75. The van der Waals surface area contributed by atoms with Gasteiger partial charge in [-0.15, -0.1) is 0 Å². The fourth-order valence-electron chi connectivity index (χ4n) is 1.59. The maximum Gasteiger partial charge on any atom is 0.338 e. The number of aromatic carboxylic acids is 1. The van der Waals surface area contributed by atoms with Crippen LogP contribution < -0.4 is 11.1 Å². The summed E-state index contributed by atoms with van der Waals surface area (Å²) in [6, 6.07) is 6.14. The number of nitrogens with two attached hydrogens (primary N) is 1. The van der Waals surface area contributed by atoms with Crippen molar-refractivity contribution in [2.45, 2.75) is 0 Å². The summed E-state index contributed by atoms with van der Waals surface area (Å²) in [6.45, 7) is 0. The molecule has 2 aromatic carbocycles. The summed E-state index contributed by atoms with van der Waals surface area (Å²) in [5.41, 5.74) is 5.91. The third kappa shape index (κ3) is 2.88. The van der Waals surface area contributed by atoms with Crippen molar-refractivity contribution < 1.29 is 18.7 Å². The number of nitrogen functional groups attached to an aromatic ring is 1. The first-order chi connectivity index (χ1) is 9.38. The molecule has 0 amide bonds. The van der Waals surface area contributed by atoms with Crippen LogP contribution in [0.4, 0.5) is 25.8 Å². The third-order valence-corrected chi connectivity index (χ3v) is 3.18. The quantitative estimate of drug-likeness (QED) is 0.742. The van der Waals surface area contributed by atoms with Crippen molar-refractivity contribution in [3.63, 3.8) is 0 Å². The van der Waals surface area contributed by atoms with Crippen molar-refractivity contribution in [3.05, 3.63) is 52.0 Å². The Hall–Kier alpha value is -2.15. The fraction of sp³-hybridized carbons (Fsp3) is 0. The van der Waals surface area contributed by atoms with E-state index in [-0.39, 0.29) is 15.8 Å². The monoisotopic (exact) mass is 342 g/mol. The van der Waals surface area contributed by atoms with Crippen LogP contribution in [0, 0.1) is 11.6 Å². The van der Waals surface area contributed by atoms with Crippen LogP contribution in [0.25, 0.3) is 0 Å². The molecule has 0 aliphatic carbocycles. The Morgan fingerprint density at radius 2 is 1.90 bits per heavy atom. The second-order valence-electron chi connectivity index (χ2n) is 3.98. The molecule has 0 aromatic heterocycles. The van der Waals surface area contributed by atoms with Crippen molar-refractivity contribution in [2.24, 2.45) is 0 Å². The largest absolute Gasteiger partial charge is 0.478 e. The lowest BCUT2D eigenvalue weighted by Gasteiger charge is -2.11. The van der Waals surface area contributed by atoms with E-state index < -0.39 is 23.2 Å². The van der Waals surface area contributed by atoms with Gasteiger partial charge in [0.25, 0.3) is 0 Å². The molecule has 2 aromatic rings. The lowest BCUT2D eigenvalue weighted by molar-refractivity contribution is 0.0692. The molecule has 20 heavy (non-hydrogen) atoms. The minimum absolute atomic E-state index is 0.0734. The van der Waals surface area contributed by atoms with E-state index in [4.69, 9.17) is 10.8 Å². The molecular weight excluding hydrogens is 334 g/mol. The number of carbonyl (C=O) groups is 1. The van der Waals surface area contributed by atoms with Crippen LogP contribution in [0.2, 0.25) is 0 Å². The summed E-state index contributed by atoms with van der Waals surface area (Å²) in [5, 5.41) is 11.6. The number of rotatable bonds is 3. The number of anilines is 3. The fourth-order valence-corrected chi connectivity index (χ4v) is 1.97. The Morgan fingerprint density at radius 3 is 2.50 bits per heavy atom. The van der Waals surface area contributed by atoms with Crippen LogP contribution in [0.15, 0.2) is 34.8 Å². The summed E-state index contributed by atoms with van der Waals surface area (Å²) >= 11 is 3.03. The molecule has 4 N–H and O–H groups in total. The van der Waals surface area contributed by atoms with E-state index >= 15 is 0 Å². The van der Waals surface area contributed by atoms with E-state index in [9.17, 15) is 13.6 Å². The molecule has 0 saturated heterocycles. The lowest BCUT2D eigenvalue weighted by Crippen LogP contribution is -2.05. The van der Waals surface area contributed by atoms with E-state index in [1.165, 1.54) is 18.2 Å². The lowest BCUT2D eigenvalue weighted by atomic mass is 10.1. The normalized spacial score (nSPS) is 10.3. The van der Waals surface area contributed by atoms with Gasteiger partial charge in [-0.3, -0.25) is 0 Å². The van der Waals surface area contributed by atoms with Gasteiger partial charge in [0, 0.05) is 11.8 Å². The molecule has 2 rings (SSSR count). The van der Waals surface area contributed by atoms with Gasteiger partial charge in [0.2, 0.25) is 0 Å². The van der Waals surface area contributed by atoms with Gasteiger partial charge in [0.15, 0.2) is 0 Å². The van der Waals surface area contributed by atoms with Gasteiger partial charge in [0.1, 0.15) is 11.6 Å². The topological polar surface area (TPSA) is 75.4 Å². The number of carboxylic acid groups (broad SMARTS) is 1. The maximum absolute atomic E-state index is 13.6. The summed E-state index contributed by atoms with van der Waals surface area (Å²) in [5.74, 6) is -2.74. The molecule has 0 fully saturated rings. The molecule has 0 radical (unpaired) electrons. The minimum atomic E-state index is -1.40. The second-order valence-corrected chi connectivity index (χ2v) is 4.83. The zero-order valence-electron chi connectivity index (χ0n) is 9.95. The van der Waals surface area contributed by atoms with E-state index in [2.05, 4.69) is 21.2 Å². The van der Waals surface area contributed by atoms with Crippen LogP contribution in [0.5, 0.6) is 0 Å². The standard InChI is InChI=1S/C13H9BrF2N2O2/c14-8-3-6(1-2-9(8)15)18-12-5-10(16)7(13(19)20)4-11(12)17/h1-5,18H,17H2,(H,19,20). The third-order valence-electron chi connectivity index (χ3n) is 2.57. The predicted molar refractivity (Wildman–Crippen MR) is 75.2 cm³/mol. The highest BCUT2D eigenvalue weighted by Gasteiger charge is 2.14. The van der Waals surface area contributed by atoms with Gasteiger partial charge in [-0.2, -0.15) is 0 Å². The van der Waals surface area contributed by atoms with Gasteiger partial charge >= 0.3 is 5.97 Å². The van der Waals surface area contributed by atoms with Crippen LogP contribution in [0.3, 0.4) is 0 Å². The van der Waals surface area contributed by atoms with Gasteiger partial charge in [0.05, 0.1) is 21.4 Å². The Morgan fingerprint density at radius 1 is 1.20 bits per heavy atom. The zero-order chi connectivity index (χ0) is 14.9. The van der Waals surface area contributed by atoms with E-state index in [1.54, 1.807) is 0 Å².